The van der Waals surface area contributed by atoms with Crippen LogP contribution in [0.4, 0.5) is 0 Å². The minimum atomic E-state index is 0.0954. The lowest BCUT2D eigenvalue weighted by Gasteiger charge is -2.14. The molecule has 3 nitrogen and oxygen atoms in total. The third-order valence-corrected chi connectivity index (χ3v) is 2.93. The van der Waals surface area contributed by atoms with E-state index in [1.165, 1.54) is 0 Å². The molecular weight excluding hydrogens is 248 g/mol. The molecule has 0 radical (unpaired) electrons. The molecule has 3 N–H and O–H groups in total. The number of hydrogen-bond acceptors (Lipinski definition) is 2. The third kappa shape index (κ3) is 6.03. The van der Waals surface area contributed by atoms with Gasteiger partial charge in [0.1, 0.15) is 0 Å². The maximum Gasteiger partial charge on any atom is 0.220 e. The van der Waals surface area contributed by atoms with Gasteiger partial charge in [0.25, 0.3) is 0 Å². The second-order valence-corrected chi connectivity index (χ2v) is 4.98. The lowest BCUT2D eigenvalue weighted by atomic mass is 10.1. The largest absolute Gasteiger partial charge is 0.353 e. The first-order chi connectivity index (χ1) is 8.61. The number of hydrogen-bond donors (Lipinski definition) is 2. The molecule has 100 valence electrons. The van der Waals surface area contributed by atoms with Crippen molar-refractivity contribution in [2.24, 2.45) is 5.73 Å². The molecule has 0 aliphatic rings. The number of carbonyl (C=O) groups is 1. The van der Waals surface area contributed by atoms with Crippen LogP contribution in [0.2, 0.25) is 5.02 Å². The fraction of sp³-hybridized carbons (Fsp3) is 0.500. The molecule has 0 fully saturated rings. The maximum atomic E-state index is 11.6. The number of halogens is 1. The van der Waals surface area contributed by atoms with Crippen molar-refractivity contribution in [2.75, 3.05) is 6.54 Å². The lowest BCUT2D eigenvalue weighted by molar-refractivity contribution is -0.121. The summed E-state index contributed by atoms with van der Waals surface area (Å²) in [6.45, 7) is 2.65. The lowest BCUT2D eigenvalue weighted by Crippen LogP contribution is -2.33. The van der Waals surface area contributed by atoms with Crippen molar-refractivity contribution in [1.29, 1.82) is 0 Å². The van der Waals surface area contributed by atoms with Gasteiger partial charge in [0.05, 0.1) is 0 Å². The Morgan fingerprint density at radius 3 is 2.89 bits per heavy atom. The van der Waals surface area contributed by atoms with Gasteiger partial charge in [-0.3, -0.25) is 4.79 Å². The molecule has 1 rings (SSSR count). The van der Waals surface area contributed by atoms with E-state index < -0.39 is 0 Å². The summed E-state index contributed by atoms with van der Waals surface area (Å²) in [5.74, 6) is 0.0954. The van der Waals surface area contributed by atoms with E-state index >= 15 is 0 Å². The van der Waals surface area contributed by atoms with Gasteiger partial charge >= 0.3 is 0 Å². The summed E-state index contributed by atoms with van der Waals surface area (Å²) in [5, 5.41) is 3.71. The van der Waals surface area contributed by atoms with Crippen LogP contribution < -0.4 is 11.1 Å². The molecule has 1 amide bonds. The highest BCUT2D eigenvalue weighted by molar-refractivity contribution is 6.30. The average Bonchev–Trinajstić information content (AvgIpc) is 2.29. The first kappa shape index (κ1) is 15.0. The SMILES string of the molecule is CC(Cc1cccc(Cl)c1)NC(=O)CCCCN. The number of benzene rings is 1. The molecule has 1 aromatic rings. The van der Waals surface area contributed by atoms with Crippen molar-refractivity contribution >= 4 is 17.5 Å². The fourth-order valence-electron chi connectivity index (χ4n) is 1.85. The van der Waals surface area contributed by atoms with Crippen LogP contribution in [0, 0.1) is 0 Å². The van der Waals surface area contributed by atoms with Gasteiger partial charge in [0, 0.05) is 17.5 Å². The summed E-state index contributed by atoms with van der Waals surface area (Å²) in [6.07, 6.45) is 3.10. The molecule has 0 spiro atoms. The molecule has 0 bridgehead atoms. The Bertz CT molecular complexity index is 382. The van der Waals surface area contributed by atoms with Gasteiger partial charge in [-0.2, -0.15) is 0 Å². The summed E-state index contributed by atoms with van der Waals surface area (Å²) >= 11 is 5.92. The van der Waals surface area contributed by atoms with E-state index in [0.29, 0.717) is 13.0 Å². The van der Waals surface area contributed by atoms with E-state index in [4.69, 9.17) is 17.3 Å². The van der Waals surface area contributed by atoms with Crippen molar-refractivity contribution in [3.8, 4) is 0 Å². The molecule has 0 aliphatic heterocycles. The summed E-state index contributed by atoms with van der Waals surface area (Å²) in [7, 11) is 0. The second kappa shape index (κ2) is 8.11. The zero-order valence-corrected chi connectivity index (χ0v) is 11.5. The molecule has 18 heavy (non-hydrogen) atoms. The highest BCUT2D eigenvalue weighted by Gasteiger charge is 2.08. The van der Waals surface area contributed by atoms with Crippen molar-refractivity contribution in [3.63, 3.8) is 0 Å². The Labute approximate surface area is 114 Å². The van der Waals surface area contributed by atoms with Crippen molar-refractivity contribution in [2.45, 2.75) is 38.6 Å². The van der Waals surface area contributed by atoms with Crippen LogP contribution in [0.25, 0.3) is 0 Å². The molecular formula is C14H21ClN2O. The second-order valence-electron chi connectivity index (χ2n) is 4.55. The Balaban J connectivity index is 2.32. The third-order valence-electron chi connectivity index (χ3n) is 2.70. The topological polar surface area (TPSA) is 55.1 Å². The first-order valence-electron chi connectivity index (χ1n) is 6.35. The van der Waals surface area contributed by atoms with Gasteiger partial charge in [-0.15, -0.1) is 0 Å². The van der Waals surface area contributed by atoms with Crippen LogP contribution in [0.5, 0.6) is 0 Å². The smallest absolute Gasteiger partial charge is 0.220 e. The molecule has 0 heterocycles. The first-order valence-corrected chi connectivity index (χ1v) is 6.73. The van der Waals surface area contributed by atoms with Crippen LogP contribution >= 0.6 is 11.6 Å². The van der Waals surface area contributed by atoms with Gasteiger partial charge in [0.15, 0.2) is 0 Å². The zero-order valence-electron chi connectivity index (χ0n) is 10.8. The van der Waals surface area contributed by atoms with E-state index in [9.17, 15) is 4.79 Å². The van der Waals surface area contributed by atoms with Gasteiger partial charge in [-0.05, 0) is 50.4 Å². The predicted octanol–water partition coefficient (Wildman–Crippen LogP) is 2.52. The van der Waals surface area contributed by atoms with Crippen LogP contribution in [0.1, 0.15) is 31.7 Å². The van der Waals surface area contributed by atoms with Crippen LogP contribution in [0.15, 0.2) is 24.3 Å². The molecule has 4 heteroatoms. The summed E-state index contributed by atoms with van der Waals surface area (Å²) in [4.78, 5) is 11.6. The molecule has 1 unspecified atom stereocenters. The number of amides is 1. The van der Waals surface area contributed by atoms with Gasteiger partial charge < -0.3 is 11.1 Å². The molecule has 0 aromatic heterocycles. The van der Waals surface area contributed by atoms with E-state index in [0.717, 1.165) is 29.8 Å². The number of rotatable bonds is 7. The molecule has 1 atom stereocenters. The molecule has 0 aliphatic carbocycles. The minimum Gasteiger partial charge on any atom is -0.353 e. The number of nitrogens with one attached hydrogen (secondary N) is 1. The highest BCUT2D eigenvalue weighted by Crippen LogP contribution is 2.12. The van der Waals surface area contributed by atoms with Gasteiger partial charge in [-0.1, -0.05) is 23.7 Å². The Kier molecular flexibility index (Phi) is 6.76. The molecule has 0 saturated carbocycles. The van der Waals surface area contributed by atoms with E-state index in [-0.39, 0.29) is 11.9 Å². The molecule has 1 aromatic carbocycles. The van der Waals surface area contributed by atoms with Crippen molar-refractivity contribution < 1.29 is 4.79 Å². The van der Waals surface area contributed by atoms with Crippen molar-refractivity contribution in [1.82, 2.24) is 5.32 Å². The van der Waals surface area contributed by atoms with Crippen molar-refractivity contribution in [3.05, 3.63) is 34.9 Å². The Morgan fingerprint density at radius 2 is 2.22 bits per heavy atom. The monoisotopic (exact) mass is 268 g/mol. The van der Waals surface area contributed by atoms with Gasteiger partial charge in [-0.25, -0.2) is 0 Å². The Hall–Kier alpha value is -1.06. The average molecular weight is 269 g/mol. The van der Waals surface area contributed by atoms with Gasteiger partial charge in [0.2, 0.25) is 5.91 Å². The zero-order chi connectivity index (χ0) is 13.4. The summed E-state index contributed by atoms with van der Waals surface area (Å²) in [6, 6.07) is 7.84. The quantitative estimate of drug-likeness (QED) is 0.747. The van der Waals surface area contributed by atoms with Crippen LogP contribution in [-0.4, -0.2) is 18.5 Å². The standard InChI is InChI=1S/C14H21ClN2O/c1-11(17-14(18)7-2-3-8-16)9-12-5-4-6-13(15)10-12/h4-6,10-11H,2-3,7-9,16H2,1H3,(H,17,18). The van der Waals surface area contributed by atoms with Crippen LogP contribution in [0.3, 0.4) is 0 Å². The van der Waals surface area contributed by atoms with E-state index in [1.807, 2.05) is 31.2 Å². The normalized spacial score (nSPS) is 12.2. The van der Waals surface area contributed by atoms with E-state index in [2.05, 4.69) is 5.32 Å². The van der Waals surface area contributed by atoms with E-state index in [1.54, 1.807) is 0 Å². The maximum absolute atomic E-state index is 11.6. The minimum absolute atomic E-state index is 0.0954. The predicted molar refractivity (Wildman–Crippen MR) is 75.7 cm³/mol. The summed E-state index contributed by atoms with van der Waals surface area (Å²) < 4.78 is 0. The number of carbonyl (C=O) groups excluding carboxylic acids is 1. The highest BCUT2D eigenvalue weighted by atomic mass is 35.5. The fourth-order valence-corrected chi connectivity index (χ4v) is 2.06. The molecule has 0 saturated heterocycles. The summed E-state index contributed by atoms with van der Waals surface area (Å²) in [5.41, 5.74) is 6.52. The number of nitrogens with two attached hydrogens (primary N) is 1. The Morgan fingerprint density at radius 1 is 1.44 bits per heavy atom. The number of unbranched alkanes of at least 4 members (excludes halogenated alkanes) is 1. The van der Waals surface area contributed by atoms with Crippen LogP contribution in [-0.2, 0) is 11.2 Å².